The summed E-state index contributed by atoms with van der Waals surface area (Å²) in [6, 6.07) is 0. The summed E-state index contributed by atoms with van der Waals surface area (Å²) in [5.41, 5.74) is 0. The van der Waals surface area contributed by atoms with Gasteiger partial charge in [-0.05, 0) is 43.2 Å². The van der Waals surface area contributed by atoms with Crippen molar-refractivity contribution in [2.24, 2.45) is 11.8 Å². The first-order valence-corrected chi connectivity index (χ1v) is 6.99. The highest BCUT2D eigenvalue weighted by Gasteiger charge is 2.13. The fourth-order valence-corrected chi connectivity index (χ4v) is 2.53. The van der Waals surface area contributed by atoms with E-state index in [4.69, 9.17) is 4.74 Å². The SMILES string of the molecule is CSCC(C)CNCC1CCCOC1. The second-order valence-corrected chi connectivity index (χ2v) is 5.21. The normalized spacial score (nSPS) is 24.9. The quantitative estimate of drug-likeness (QED) is 0.735. The van der Waals surface area contributed by atoms with E-state index in [2.05, 4.69) is 18.5 Å². The maximum Gasteiger partial charge on any atom is 0.0506 e. The third-order valence-electron chi connectivity index (χ3n) is 2.63. The zero-order valence-electron chi connectivity index (χ0n) is 9.42. The lowest BCUT2D eigenvalue weighted by Gasteiger charge is -2.23. The van der Waals surface area contributed by atoms with E-state index >= 15 is 0 Å². The van der Waals surface area contributed by atoms with Crippen LogP contribution in [-0.2, 0) is 4.74 Å². The van der Waals surface area contributed by atoms with Crippen molar-refractivity contribution in [3.63, 3.8) is 0 Å². The van der Waals surface area contributed by atoms with Crippen LogP contribution in [-0.4, -0.2) is 38.3 Å². The van der Waals surface area contributed by atoms with Crippen LogP contribution in [0.25, 0.3) is 0 Å². The van der Waals surface area contributed by atoms with Gasteiger partial charge in [0.15, 0.2) is 0 Å². The highest BCUT2D eigenvalue weighted by molar-refractivity contribution is 7.98. The van der Waals surface area contributed by atoms with Crippen LogP contribution < -0.4 is 5.32 Å². The molecule has 1 fully saturated rings. The van der Waals surface area contributed by atoms with Gasteiger partial charge in [-0.2, -0.15) is 11.8 Å². The van der Waals surface area contributed by atoms with Gasteiger partial charge < -0.3 is 10.1 Å². The van der Waals surface area contributed by atoms with E-state index in [0.29, 0.717) is 0 Å². The van der Waals surface area contributed by atoms with Crippen molar-refractivity contribution in [3.8, 4) is 0 Å². The Kier molecular flexibility index (Phi) is 6.65. The maximum atomic E-state index is 5.44. The third-order valence-corrected chi connectivity index (χ3v) is 3.53. The Morgan fingerprint density at radius 1 is 1.57 bits per heavy atom. The Labute approximate surface area is 92.2 Å². The van der Waals surface area contributed by atoms with E-state index in [9.17, 15) is 0 Å². The molecule has 0 aromatic heterocycles. The number of ether oxygens (including phenoxy) is 1. The average molecular weight is 217 g/mol. The highest BCUT2D eigenvalue weighted by Crippen LogP contribution is 2.12. The molecule has 0 saturated carbocycles. The van der Waals surface area contributed by atoms with Crippen molar-refractivity contribution in [3.05, 3.63) is 0 Å². The molecule has 1 N–H and O–H groups in total. The minimum atomic E-state index is 0.755. The first kappa shape index (κ1) is 12.3. The number of hydrogen-bond donors (Lipinski definition) is 1. The van der Waals surface area contributed by atoms with E-state index in [1.807, 2.05) is 11.8 Å². The van der Waals surface area contributed by atoms with Gasteiger partial charge in [0.2, 0.25) is 0 Å². The van der Waals surface area contributed by atoms with Crippen LogP contribution in [0.1, 0.15) is 19.8 Å². The molecule has 1 aliphatic heterocycles. The molecule has 3 heteroatoms. The number of thioether (sulfide) groups is 1. The van der Waals surface area contributed by atoms with E-state index in [-0.39, 0.29) is 0 Å². The fourth-order valence-electron chi connectivity index (χ4n) is 1.85. The first-order chi connectivity index (χ1) is 6.83. The van der Waals surface area contributed by atoms with Gasteiger partial charge in [0.25, 0.3) is 0 Å². The molecule has 0 radical (unpaired) electrons. The largest absolute Gasteiger partial charge is 0.381 e. The smallest absolute Gasteiger partial charge is 0.0506 e. The Balaban J connectivity index is 1.96. The van der Waals surface area contributed by atoms with Crippen LogP contribution in [0.2, 0.25) is 0 Å². The molecule has 0 aromatic rings. The molecule has 2 unspecified atom stereocenters. The minimum Gasteiger partial charge on any atom is -0.381 e. The van der Waals surface area contributed by atoms with Crippen LogP contribution in [0.4, 0.5) is 0 Å². The summed E-state index contributed by atoms with van der Waals surface area (Å²) >= 11 is 1.93. The average Bonchev–Trinajstić information content (AvgIpc) is 2.20. The van der Waals surface area contributed by atoms with Crippen LogP contribution in [0.5, 0.6) is 0 Å². The molecule has 0 spiro atoms. The van der Waals surface area contributed by atoms with Crippen molar-refractivity contribution in [1.82, 2.24) is 5.32 Å². The van der Waals surface area contributed by atoms with Crippen LogP contribution in [0.15, 0.2) is 0 Å². The van der Waals surface area contributed by atoms with Gasteiger partial charge >= 0.3 is 0 Å². The zero-order chi connectivity index (χ0) is 10.2. The Morgan fingerprint density at radius 2 is 2.43 bits per heavy atom. The van der Waals surface area contributed by atoms with Gasteiger partial charge in [-0.1, -0.05) is 6.92 Å². The van der Waals surface area contributed by atoms with Crippen LogP contribution >= 0.6 is 11.8 Å². The van der Waals surface area contributed by atoms with Gasteiger partial charge in [-0.3, -0.25) is 0 Å². The monoisotopic (exact) mass is 217 g/mol. The fraction of sp³-hybridized carbons (Fsp3) is 1.00. The van der Waals surface area contributed by atoms with E-state index < -0.39 is 0 Å². The molecule has 0 amide bonds. The van der Waals surface area contributed by atoms with Crippen molar-refractivity contribution < 1.29 is 4.74 Å². The molecule has 0 aliphatic carbocycles. The molecule has 1 aliphatic rings. The van der Waals surface area contributed by atoms with Crippen LogP contribution in [0, 0.1) is 11.8 Å². The lowest BCUT2D eigenvalue weighted by atomic mass is 10.0. The summed E-state index contributed by atoms with van der Waals surface area (Å²) in [7, 11) is 0. The molecule has 1 rings (SSSR count). The lowest BCUT2D eigenvalue weighted by Crippen LogP contribution is -2.32. The van der Waals surface area contributed by atoms with Gasteiger partial charge in [-0.25, -0.2) is 0 Å². The Hall–Kier alpha value is 0.270. The second-order valence-electron chi connectivity index (χ2n) is 4.30. The minimum absolute atomic E-state index is 0.755. The Morgan fingerprint density at radius 3 is 3.07 bits per heavy atom. The third kappa shape index (κ3) is 5.23. The van der Waals surface area contributed by atoms with Crippen molar-refractivity contribution >= 4 is 11.8 Å². The van der Waals surface area contributed by atoms with Gasteiger partial charge in [0, 0.05) is 13.2 Å². The topological polar surface area (TPSA) is 21.3 Å². The summed E-state index contributed by atoms with van der Waals surface area (Å²) < 4.78 is 5.44. The number of nitrogens with one attached hydrogen (secondary N) is 1. The second kappa shape index (κ2) is 7.55. The van der Waals surface area contributed by atoms with Gasteiger partial charge in [-0.15, -0.1) is 0 Å². The van der Waals surface area contributed by atoms with Crippen molar-refractivity contribution in [2.75, 3.05) is 38.3 Å². The predicted molar refractivity (Wildman–Crippen MR) is 64.0 cm³/mol. The number of rotatable bonds is 6. The maximum absolute atomic E-state index is 5.44. The Bertz CT molecular complexity index is 137. The highest BCUT2D eigenvalue weighted by atomic mass is 32.2. The molecular weight excluding hydrogens is 194 g/mol. The molecule has 84 valence electrons. The number of hydrogen-bond acceptors (Lipinski definition) is 3. The van der Waals surface area contributed by atoms with E-state index in [0.717, 1.165) is 38.1 Å². The van der Waals surface area contributed by atoms with Gasteiger partial charge in [0.05, 0.1) is 6.61 Å². The molecule has 14 heavy (non-hydrogen) atoms. The molecule has 1 heterocycles. The zero-order valence-corrected chi connectivity index (χ0v) is 10.2. The van der Waals surface area contributed by atoms with Crippen molar-refractivity contribution in [1.29, 1.82) is 0 Å². The molecule has 0 bridgehead atoms. The summed E-state index contributed by atoms with van der Waals surface area (Å²) in [6.07, 6.45) is 4.75. The molecular formula is C11H23NOS. The van der Waals surface area contributed by atoms with Gasteiger partial charge in [0.1, 0.15) is 0 Å². The lowest BCUT2D eigenvalue weighted by molar-refractivity contribution is 0.0547. The summed E-state index contributed by atoms with van der Waals surface area (Å²) in [5.74, 6) is 2.80. The molecule has 1 saturated heterocycles. The molecule has 2 nitrogen and oxygen atoms in total. The standard InChI is InChI=1S/C11H23NOS/c1-10(9-14-2)6-12-7-11-4-3-5-13-8-11/h10-12H,3-9H2,1-2H3. The summed E-state index contributed by atoms with van der Waals surface area (Å²) in [4.78, 5) is 0. The first-order valence-electron chi connectivity index (χ1n) is 5.60. The van der Waals surface area contributed by atoms with E-state index in [1.54, 1.807) is 0 Å². The summed E-state index contributed by atoms with van der Waals surface area (Å²) in [5, 5.41) is 3.55. The van der Waals surface area contributed by atoms with E-state index in [1.165, 1.54) is 18.6 Å². The van der Waals surface area contributed by atoms with Crippen LogP contribution in [0.3, 0.4) is 0 Å². The molecule has 2 atom stereocenters. The predicted octanol–water partition coefficient (Wildman–Crippen LogP) is 2.00. The summed E-state index contributed by atoms with van der Waals surface area (Å²) in [6.45, 7) is 6.53. The van der Waals surface area contributed by atoms with Crippen molar-refractivity contribution in [2.45, 2.75) is 19.8 Å². The molecule has 0 aromatic carbocycles.